The van der Waals surface area contributed by atoms with Crippen LogP contribution < -0.4 is 0 Å². The van der Waals surface area contributed by atoms with Gasteiger partial charge in [-0.3, -0.25) is 19.2 Å². The average molecular weight is 1610 g/mol. The van der Waals surface area contributed by atoms with E-state index in [0.29, 0.717) is 75.1 Å². The molecule has 8 nitrogen and oxygen atoms in total. The first kappa shape index (κ1) is 112. The molecule has 0 N–H and O–H groups in total. The molecular weight excluding hydrogens is 1460 g/mol. The topological polar surface area (TPSA) is 105 Å². The van der Waals surface area contributed by atoms with Crippen LogP contribution in [0.1, 0.15) is 376 Å². The second-order valence-corrected chi connectivity index (χ2v) is 25.3. The largest absolute Gasteiger partial charge is 2.00 e. The minimum Gasteiger partial charge on any atom is -0.789 e. The number of allylic oxidation sites excluding steroid dienone is 8. The van der Waals surface area contributed by atoms with E-state index in [0.717, 1.165) is 51.4 Å². The van der Waals surface area contributed by atoms with Gasteiger partial charge in [-0.25, -0.2) is 0 Å². The fraction of sp³-hybridized carbons (Fsp3) is 0.846. The fourth-order valence-electron chi connectivity index (χ4n) is 9.56. The molecule has 0 saturated heterocycles. The molecule has 0 bridgehead atoms. The molecule has 0 heterocycles. The second kappa shape index (κ2) is 108. The van der Waals surface area contributed by atoms with Crippen molar-refractivity contribution < 1.29 is 38.1 Å². The molecule has 0 amide bonds. The summed E-state index contributed by atoms with van der Waals surface area (Å²) >= 11 is 18.9. The zero-order chi connectivity index (χ0) is 65.2. The van der Waals surface area contributed by atoms with Crippen molar-refractivity contribution in [1.82, 2.24) is 0 Å². The first-order valence-electron chi connectivity index (χ1n) is 36.8. The van der Waals surface area contributed by atoms with E-state index < -0.39 is 0 Å². The first-order valence-corrected chi connectivity index (χ1v) is 39.1. The molecule has 93 heavy (non-hydrogen) atoms. The summed E-state index contributed by atoms with van der Waals surface area (Å²) < 4.78 is 19.8. The fourth-order valence-corrected chi connectivity index (χ4v) is 9.90. The molecule has 0 aliphatic rings. The van der Waals surface area contributed by atoms with Gasteiger partial charge < -0.3 is 69.5 Å². The summed E-state index contributed by atoms with van der Waals surface area (Å²) in [7, 11) is 0. The van der Waals surface area contributed by atoms with E-state index in [1.165, 1.54) is 257 Å². The Bertz CT molecular complexity index is 1290. The van der Waals surface area contributed by atoms with Crippen molar-refractivity contribution >= 4 is 136 Å². The number of hydrogen-bond donors (Lipinski definition) is 0. The number of rotatable bonds is 64. The van der Waals surface area contributed by atoms with E-state index in [1.54, 1.807) is 0 Å². The maximum atomic E-state index is 11.2. The van der Waals surface area contributed by atoms with Crippen LogP contribution in [-0.4, -0.2) is 121 Å². The average Bonchev–Trinajstić information content (AvgIpc) is 3.56. The number of unbranched alkanes of at least 4 members (excludes halogenated alkanes) is 40. The predicted molar refractivity (Wildman–Crippen MR) is 427 cm³/mol. The zero-order valence-electron chi connectivity index (χ0n) is 59.4. The van der Waals surface area contributed by atoms with Gasteiger partial charge in [0.2, 0.25) is 0 Å². The van der Waals surface area contributed by atoms with Crippen LogP contribution in [0.5, 0.6) is 0 Å². The summed E-state index contributed by atoms with van der Waals surface area (Å²) in [4.78, 5) is 45.0. The molecule has 548 valence electrons. The summed E-state index contributed by atoms with van der Waals surface area (Å²) in [5.41, 5.74) is 0. The van der Waals surface area contributed by atoms with Gasteiger partial charge in [0, 0.05) is 25.7 Å². The Morgan fingerprint density at radius 2 is 0.366 bits per heavy atom. The number of ether oxygens (including phenoxy) is 4. The first-order chi connectivity index (χ1) is 43.2. The molecule has 0 aromatic carbocycles. The van der Waals surface area contributed by atoms with Crippen molar-refractivity contribution in [3.8, 4) is 0 Å². The van der Waals surface area contributed by atoms with E-state index in [-0.39, 0.29) is 100 Å². The molecule has 0 fully saturated rings. The summed E-state index contributed by atoms with van der Waals surface area (Å²) in [6.45, 7) is 10.6. The Balaban J connectivity index is -0.000000142. The van der Waals surface area contributed by atoms with Crippen molar-refractivity contribution in [2.75, 3.05) is 49.4 Å². The monoisotopic (exact) mass is 1610 g/mol. The van der Waals surface area contributed by atoms with Gasteiger partial charge in [0.05, 0.1) is 26.4 Å². The van der Waals surface area contributed by atoms with E-state index >= 15 is 0 Å². The normalized spacial score (nSPS) is 10.6. The van der Waals surface area contributed by atoms with Crippen LogP contribution in [0.15, 0.2) is 48.6 Å². The Labute approximate surface area is 642 Å². The third kappa shape index (κ3) is 117. The SMILES string of the molecule is C.C.CCCCCCC/C=C/CCCCCCCC(=O)OCC[S-].CCCCCCC/C=C/CCCCCCCC(=O)OCC[S-].CCCCCCC/C=C/CCCCCCCC(=O)OCC[S-].CCCCCCC/C=C/CCCCCCCC(=O)OCC[S-].S.[Sn+2].[Sn+2]. The van der Waals surface area contributed by atoms with Crippen molar-refractivity contribution in [3.05, 3.63) is 48.6 Å². The van der Waals surface area contributed by atoms with Gasteiger partial charge in [-0.15, -0.1) is 23.0 Å². The van der Waals surface area contributed by atoms with E-state index in [2.05, 4.69) is 76.3 Å². The van der Waals surface area contributed by atoms with Crippen LogP contribution in [0.25, 0.3) is 0 Å². The molecular formula is C78H150O8S5Sn2. The Morgan fingerprint density at radius 1 is 0.237 bits per heavy atom. The van der Waals surface area contributed by atoms with E-state index in [9.17, 15) is 19.2 Å². The van der Waals surface area contributed by atoms with Gasteiger partial charge in [0.25, 0.3) is 0 Å². The maximum absolute atomic E-state index is 11.2. The molecule has 0 aliphatic carbocycles. The molecule has 0 saturated carbocycles. The number of hydrogen-bond acceptors (Lipinski definition) is 12. The van der Waals surface area contributed by atoms with Crippen LogP contribution in [0.2, 0.25) is 0 Å². The minimum atomic E-state index is -0.0910. The van der Waals surface area contributed by atoms with Gasteiger partial charge in [0.15, 0.2) is 0 Å². The molecule has 0 spiro atoms. The van der Waals surface area contributed by atoms with Crippen molar-refractivity contribution in [2.24, 2.45) is 0 Å². The van der Waals surface area contributed by atoms with Crippen LogP contribution in [0, 0.1) is 0 Å². The van der Waals surface area contributed by atoms with Crippen molar-refractivity contribution in [3.63, 3.8) is 0 Å². The van der Waals surface area contributed by atoms with E-state index in [4.69, 9.17) is 69.5 Å². The molecule has 0 atom stereocenters. The Kier molecular flexibility index (Phi) is 130. The Morgan fingerprint density at radius 3 is 0.505 bits per heavy atom. The molecule has 0 rings (SSSR count). The summed E-state index contributed by atoms with van der Waals surface area (Å²) in [6.07, 6.45) is 81.4. The summed E-state index contributed by atoms with van der Waals surface area (Å²) in [5, 5.41) is 0. The molecule has 0 aliphatic heterocycles. The number of carbonyl (C=O) groups is 4. The number of esters is 4. The third-order valence-electron chi connectivity index (χ3n) is 15.0. The predicted octanol–water partition coefficient (Wildman–Crippen LogP) is 23.5. The van der Waals surface area contributed by atoms with E-state index in [1.807, 2.05) is 0 Å². The van der Waals surface area contributed by atoms with Gasteiger partial charge in [0.1, 0.15) is 0 Å². The van der Waals surface area contributed by atoms with Gasteiger partial charge in [-0.05, 0) is 128 Å². The summed E-state index contributed by atoms with van der Waals surface area (Å²) in [5.74, 6) is 1.63. The van der Waals surface area contributed by atoms with Crippen LogP contribution in [-0.2, 0) is 88.6 Å². The smallest absolute Gasteiger partial charge is 0.789 e. The van der Waals surface area contributed by atoms with Crippen molar-refractivity contribution in [1.29, 1.82) is 0 Å². The molecule has 4 radical (unpaired) electrons. The minimum absolute atomic E-state index is 0. The quantitative estimate of drug-likeness (QED) is 0.0145. The molecule has 0 aromatic rings. The van der Waals surface area contributed by atoms with Crippen LogP contribution in [0.3, 0.4) is 0 Å². The molecule has 15 heteroatoms. The standard InChI is InChI=1S/4C19H36O2S.2CH4.H2S.2Sn/c4*1-2-3-4-5-6-7-8-9-10-11-12-13-14-15-16-19(20)21-17-18-22;;;;;/h4*8-9,22H,2-7,10-18H2,1H3;2*1H4;1H2;;/q;;;;;;;2*+2/p-4/b4*9-8+;;;;;. The maximum Gasteiger partial charge on any atom is 2.00 e. The summed E-state index contributed by atoms with van der Waals surface area (Å²) in [6, 6.07) is 0. The second-order valence-electron chi connectivity index (χ2n) is 23.6. The van der Waals surface area contributed by atoms with Crippen LogP contribution >= 0.6 is 13.5 Å². The van der Waals surface area contributed by atoms with Gasteiger partial charge in [-0.1, -0.05) is 271 Å². The Hall–Kier alpha value is 0.187. The van der Waals surface area contributed by atoms with Gasteiger partial charge in [-0.2, -0.15) is 13.5 Å². The van der Waals surface area contributed by atoms with Gasteiger partial charge >= 0.3 is 71.7 Å². The van der Waals surface area contributed by atoms with Crippen molar-refractivity contribution in [2.45, 2.75) is 376 Å². The van der Waals surface area contributed by atoms with Crippen LogP contribution in [0.4, 0.5) is 0 Å². The third-order valence-corrected chi connectivity index (χ3v) is 15.6. The zero-order valence-corrected chi connectivity index (χ0v) is 69.4. The molecule has 0 aromatic heterocycles. The molecule has 0 unspecified atom stereocenters. The number of carbonyl (C=O) groups excluding carboxylic acids is 4.